The average molecular weight is 287 g/mol. The Hall–Kier alpha value is -2.13. The third-order valence-electron chi connectivity index (χ3n) is 3.08. The Balaban J connectivity index is 1.82. The second-order valence-electron chi connectivity index (χ2n) is 4.50. The van der Waals surface area contributed by atoms with Gasteiger partial charge in [0.05, 0.1) is 0 Å². The van der Waals surface area contributed by atoms with E-state index >= 15 is 0 Å². The van der Waals surface area contributed by atoms with Crippen LogP contribution in [-0.2, 0) is 6.54 Å². The van der Waals surface area contributed by atoms with Crippen LogP contribution < -0.4 is 5.32 Å². The first-order valence-corrected chi connectivity index (χ1v) is 6.64. The Morgan fingerprint density at radius 3 is 2.60 bits per heavy atom. The third kappa shape index (κ3) is 2.73. The largest absolute Gasteiger partial charge is 0.366 e. The van der Waals surface area contributed by atoms with Gasteiger partial charge in [0.2, 0.25) is 0 Å². The smallest absolute Gasteiger partial charge is 0.139 e. The lowest BCUT2D eigenvalue weighted by Gasteiger charge is -2.08. The van der Waals surface area contributed by atoms with Gasteiger partial charge < -0.3 is 5.32 Å². The topological polar surface area (TPSA) is 24.9 Å². The molecule has 20 heavy (non-hydrogen) atoms. The highest BCUT2D eigenvalue weighted by Crippen LogP contribution is 2.24. The molecular weight excluding hydrogens is 275 g/mol. The summed E-state index contributed by atoms with van der Waals surface area (Å²) in [5.41, 5.74) is 0.984. The van der Waals surface area contributed by atoms with Crippen LogP contribution in [0.2, 0.25) is 5.15 Å². The summed E-state index contributed by atoms with van der Waals surface area (Å²) >= 11 is 6.16. The number of benzene rings is 2. The van der Waals surface area contributed by atoms with E-state index in [1.807, 2.05) is 30.3 Å². The number of nitrogens with one attached hydrogen (secondary N) is 1. The van der Waals surface area contributed by atoms with E-state index in [1.54, 1.807) is 12.1 Å². The van der Waals surface area contributed by atoms with E-state index in [0.717, 1.165) is 16.3 Å². The predicted octanol–water partition coefficient (Wildman–Crippen LogP) is 4.64. The van der Waals surface area contributed by atoms with Gasteiger partial charge in [0, 0.05) is 11.9 Å². The summed E-state index contributed by atoms with van der Waals surface area (Å²) < 4.78 is 12.8. The highest BCUT2D eigenvalue weighted by atomic mass is 35.5. The summed E-state index contributed by atoms with van der Waals surface area (Å²) in [7, 11) is 0. The Morgan fingerprint density at radius 1 is 1.05 bits per heavy atom. The minimum Gasteiger partial charge on any atom is -0.366 e. The minimum absolute atomic E-state index is 0.236. The van der Waals surface area contributed by atoms with Crippen LogP contribution in [0.3, 0.4) is 0 Å². The molecule has 0 aliphatic heterocycles. The molecule has 2 aromatic carbocycles. The van der Waals surface area contributed by atoms with E-state index in [0.29, 0.717) is 17.5 Å². The van der Waals surface area contributed by atoms with Crippen molar-refractivity contribution >= 4 is 28.2 Å². The SMILES string of the molecule is Fc1ccc(CNc2cc3ccccc3c(Cl)n2)cc1. The van der Waals surface area contributed by atoms with E-state index in [1.165, 1.54) is 12.1 Å². The van der Waals surface area contributed by atoms with Crippen LogP contribution in [0, 0.1) is 5.82 Å². The van der Waals surface area contributed by atoms with Gasteiger partial charge in [-0.05, 0) is 29.1 Å². The fraction of sp³-hybridized carbons (Fsp3) is 0.0625. The number of hydrogen-bond donors (Lipinski definition) is 1. The zero-order valence-electron chi connectivity index (χ0n) is 10.6. The molecule has 0 atom stereocenters. The number of aromatic nitrogens is 1. The molecule has 0 unspecified atom stereocenters. The lowest BCUT2D eigenvalue weighted by molar-refractivity contribution is 0.627. The number of pyridine rings is 1. The normalized spacial score (nSPS) is 10.7. The second-order valence-corrected chi connectivity index (χ2v) is 4.86. The quantitative estimate of drug-likeness (QED) is 0.710. The lowest BCUT2D eigenvalue weighted by atomic mass is 10.2. The minimum atomic E-state index is -0.236. The highest BCUT2D eigenvalue weighted by Gasteiger charge is 2.03. The van der Waals surface area contributed by atoms with Gasteiger partial charge in [-0.2, -0.15) is 0 Å². The number of halogens is 2. The molecule has 0 aliphatic carbocycles. The molecule has 0 aliphatic rings. The molecule has 3 aromatic rings. The van der Waals surface area contributed by atoms with Gasteiger partial charge in [-0.1, -0.05) is 48.0 Å². The van der Waals surface area contributed by atoms with Crippen LogP contribution in [0.25, 0.3) is 10.8 Å². The van der Waals surface area contributed by atoms with Crippen molar-refractivity contribution < 1.29 is 4.39 Å². The Morgan fingerprint density at radius 2 is 1.80 bits per heavy atom. The molecule has 0 bridgehead atoms. The van der Waals surface area contributed by atoms with E-state index < -0.39 is 0 Å². The summed E-state index contributed by atoms with van der Waals surface area (Å²) in [5.74, 6) is 0.471. The zero-order chi connectivity index (χ0) is 13.9. The maximum atomic E-state index is 12.8. The van der Waals surface area contributed by atoms with Crippen LogP contribution in [0.1, 0.15) is 5.56 Å². The molecule has 0 amide bonds. The van der Waals surface area contributed by atoms with E-state index in [2.05, 4.69) is 10.3 Å². The second kappa shape index (κ2) is 5.47. The van der Waals surface area contributed by atoms with Crippen molar-refractivity contribution in [2.75, 3.05) is 5.32 Å². The third-order valence-corrected chi connectivity index (χ3v) is 3.37. The molecule has 3 rings (SSSR count). The van der Waals surface area contributed by atoms with Crippen LogP contribution >= 0.6 is 11.6 Å². The van der Waals surface area contributed by atoms with Crippen molar-refractivity contribution in [3.8, 4) is 0 Å². The Labute approximate surface area is 121 Å². The van der Waals surface area contributed by atoms with E-state index in [9.17, 15) is 4.39 Å². The molecule has 1 heterocycles. The lowest BCUT2D eigenvalue weighted by Crippen LogP contribution is -2.01. The zero-order valence-corrected chi connectivity index (χ0v) is 11.4. The van der Waals surface area contributed by atoms with Gasteiger partial charge in [-0.15, -0.1) is 0 Å². The van der Waals surface area contributed by atoms with Crippen LogP contribution in [0.5, 0.6) is 0 Å². The van der Waals surface area contributed by atoms with Crippen LogP contribution in [0.15, 0.2) is 54.6 Å². The summed E-state index contributed by atoms with van der Waals surface area (Å²) in [6.45, 7) is 0.571. The van der Waals surface area contributed by atoms with Crippen molar-refractivity contribution in [3.63, 3.8) is 0 Å². The summed E-state index contributed by atoms with van der Waals surface area (Å²) in [4.78, 5) is 4.31. The maximum Gasteiger partial charge on any atom is 0.139 e. The first-order valence-electron chi connectivity index (χ1n) is 6.26. The number of hydrogen-bond acceptors (Lipinski definition) is 2. The van der Waals surface area contributed by atoms with Crippen molar-refractivity contribution in [2.45, 2.75) is 6.54 Å². The van der Waals surface area contributed by atoms with Gasteiger partial charge in [-0.25, -0.2) is 9.37 Å². The molecular formula is C16H12ClFN2. The average Bonchev–Trinajstić information content (AvgIpc) is 2.47. The molecule has 0 saturated heterocycles. The fourth-order valence-electron chi connectivity index (χ4n) is 2.04. The van der Waals surface area contributed by atoms with Crippen molar-refractivity contribution in [1.82, 2.24) is 4.98 Å². The van der Waals surface area contributed by atoms with E-state index in [-0.39, 0.29) is 5.82 Å². The van der Waals surface area contributed by atoms with Crippen LogP contribution in [0.4, 0.5) is 10.2 Å². The molecule has 4 heteroatoms. The summed E-state index contributed by atoms with van der Waals surface area (Å²) in [6.07, 6.45) is 0. The molecule has 0 saturated carbocycles. The molecule has 2 nitrogen and oxygen atoms in total. The molecule has 0 radical (unpaired) electrons. The molecule has 1 N–H and O–H groups in total. The maximum absolute atomic E-state index is 12.8. The predicted molar refractivity (Wildman–Crippen MR) is 80.5 cm³/mol. The van der Waals surface area contributed by atoms with Gasteiger partial charge in [-0.3, -0.25) is 0 Å². The number of rotatable bonds is 3. The number of anilines is 1. The monoisotopic (exact) mass is 286 g/mol. The molecule has 1 aromatic heterocycles. The van der Waals surface area contributed by atoms with Gasteiger partial charge >= 0.3 is 0 Å². The standard InChI is InChI=1S/C16H12ClFN2/c17-16-14-4-2-1-3-12(14)9-15(20-16)19-10-11-5-7-13(18)8-6-11/h1-9H,10H2,(H,19,20). The van der Waals surface area contributed by atoms with Crippen molar-refractivity contribution in [1.29, 1.82) is 0 Å². The van der Waals surface area contributed by atoms with Gasteiger partial charge in [0.15, 0.2) is 0 Å². The van der Waals surface area contributed by atoms with Crippen molar-refractivity contribution in [3.05, 3.63) is 71.1 Å². The Kier molecular flexibility index (Phi) is 3.52. The molecule has 100 valence electrons. The van der Waals surface area contributed by atoms with Gasteiger partial charge in [0.1, 0.15) is 16.8 Å². The Bertz CT molecular complexity index is 741. The first kappa shape index (κ1) is 12.9. The first-order chi connectivity index (χ1) is 9.72. The van der Waals surface area contributed by atoms with E-state index in [4.69, 9.17) is 11.6 Å². The summed E-state index contributed by atoms with van der Waals surface area (Å²) in [5, 5.41) is 5.64. The van der Waals surface area contributed by atoms with Gasteiger partial charge in [0.25, 0.3) is 0 Å². The highest BCUT2D eigenvalue weighted by molar-refractivity contribution is 6.34. The van der Waals surface area contributed by atoms with Crippen LogP contribution in [-0.4, -0.2) is 4.98 Å². The fourth-order valence-corrected chi connectivity index (χ4v) is 2.30. The molecule has 0 spiro atoms. The summed E-state index contributed by atoms with van der Waals surface area (Å²) in [6, 6.07) is 16.1. The van der Waals surface area contributed by atoms with Crippen molar-refractivity contribution in [2.24, 2.45) is 0 Å². The number of nitrogens with zero attached hydrogens (tertiary/aromatic N) is 1. The number of fused-ring (bicyclic) bond motifs is 1. The molecule has 0 fully saturated rings.